The van der Waals surface area contributed by atoms with E-state index in [4.69, 9.17) is 4.74 Å². The van der Waals surface area contributed by atoms with Gasteiger partial charge in [-0.15, -0.1) is 0 Å². The summed E-state index contributed by atoms with van der Waals surface area (Å²) in [6.07, 6.45) is 4.53. The maximum atomic E-state index is 13.7. The first kappa shape index (κ1) is 27.0. The van der Waals surface area contributed by atoms with E-state index < -0.39 is 6.04 Å². The number of hydrogen-bond donors (Lipinski definition) is 1. The van der Waals surface area contributed by atoms with Crippen molar-refractivity contribution >= 4 is 11.8 Å². The Morgan fingerprint density at radius 3 is 2.08 bits per heavy atom. The van der Waals surface area contributed by atoms with Gasteiger partial charge in [0, 0.05) is 25.9 Å². The molecular weight excluding hydrogens is 448 g/mol. The average molecular weight is 487 g/mol. The predicted octanol–water partition coefficient (Wildman–Crippen LogP) is 5.57. The number of amides is 2. The van der Waals surface area contributed by atoms with E-state index in [0.717, 1.165) is 41.7 Å². The minimum absolute atomic E-state index is 0.0284. The summed E-state index contributed by atoms with van der Waals surface area (Å²) in [5.41, 5.74) is 3.10. The monoisotopic (exact) mass is 486 g/mol. The van der Waals surface area contributed by atoms with Crippen LogP contribution in [0.3, 0.4) is 0 Å². The third-order valence-electron chi connectivity index (χ3n) is 6.33. The summed E-state index contributed by atoms with van der Waals surface area (Å²) in [4.78, 5) is 28.9. The van der Waals surface area contributed by atoms with Gasteiger partial charge < -0.3 is 15.0 Å². The Balaban J connectivity index is 1.86. The summed E-state index contributed by atoms with van der Waals surface area (Å²) in [5, 5.41) is 3.10. The fraction of sp³-hybridized carbons (Fsp3) is 0.355. The molecule has 0 spiro atoms. The van der Waals surface area contributed by atoms with Crippen LogP contribution in [0.1, 0.15) is 49.3 Å². The lowest BCUT2D eigenvalue weighted by molar-refractivity contribution is -0.141. The van der Waals surface area contributed by atoms with Gasteiger partial charge in [0.15, 0.2) is 0 Å². The maximum absolute atomic E-state index is 13.7. The highest BCUT2D eigenvalue weighted by atomic mass is 16.5. The third kappa shape index (κ3) is 8.56. The Bertz CT molecular complexity index is 1050. The minimum Gasteiger partial charge on any atom is -0.497 e. The summed E-state index contributed by atoms with van der Waals surface area (Å²) in [6, 6.07) is 27.0. The van der Waals surface area contributed by atoms with Crippen LogP contribution in [0.15, 0.2) is 84.9 Å². The van der Waals surface area contributed by atoms with Crippen LogP contribution in [0.5, 0.6) is 5.75 Å². The Kier molecular flexibility index (Phi) is 11.0. The number of methoxy groups -OCH3 is 1. The van der Waals surface area contributed by atoms with E-state index in [1.54, 1.807) is 12.0 Å². The van der Waals surface area contributed by atoms with Crippen LogP contribution in [-0.2, 0) is 29.0 Å². The zero-order valence-electron chi connectivity index (χ0n) is 21.5. The number of unbranched alkanes of at least 4 members (excludes halogenated alkanes) is 2. The van der Waals surface area contributed by atoms with Crippen molar-refractivity contribution in [1.82, 2.24) is 10.2 Å². The molecule has 0 radical (unpaired) electrons. The summed E-state index contributed by atoms with van der Waals surface area (Å²) >= 11 is 0. The van der Waals surface area contributed by atoms with E-state index in [1.807, 2.05) is 84.9 Å². The molecule has 3 aromatic carbocycles. The van der Waals surface area contributed by atoms with Gasteiger partial charge in [-0.05, 0) is 41.7 Å². The Morgan fingerprint density at radius 2 is 1.47 bits per heavy atom. The topological polar surface area (TPSA) is 58.6 Å². The number of nitrogens with one attached hydrogen (secondary N) is 1. The van der Waals surface area contributed by atoms with Gasteiger partial charge in [0.05, 0.1) is 7.11 Å². The molecule has 0 unspecified atom stereocenters. The average Bonchev–Trinajstić information content (AvgIpc) is 2.93. The molecule has 0 aliphatic carbocycles. The zero-order valence-corrected chi connectivity index (χ0v) is 21.5. The number of ether oxygens (including phenoxy) is 1. The molecule has 5 nitrogen and oxygen atoms in total. The molecule has 3 rings (SSSR count). The second kappa shape index (κ2) is 14.7. The highest BCUT2D eigenvalue weighted by molar-refractivity contribution is 5.88. The normalized spacial score (nSPS) is 11.5. The first-order valence-electron chi connectivity index (χ1n) is 12.9. The molecule has 0 bridgehead atoms. The first-order chi connectivity index (χ1) is 17.6. The van der Waals surface area contributed by atoms with Crippen molar-refractivity contribution in [2.24, 2.45) is 0 Å². The van der Waals surface area contributed by atoms with E-state index in [1.165, 1.54) is 0 Å². The van der Waals surface area contributed by atoms with Crippen molar-refractivity contribution in [3.63, 3.8) is 0 Å². The molecule has 0 fully saturated rings. The highest BCUT2D eigenvalue weighted by Gasteiger charge is 2.30. The van der Waals surface area contributed by atoms with Crippen LogP contribution in [0.25, 0.3) is 0 Å². The lowest BCUT2D eigenvalue weighted by Gasteiger charge is -2.32. The Hall–Kier alpha value is -3.60. The van der Waals surface area contributed by atoms with Crippen molar-refractivity contribution < 1.29 is 14.3 Å². The molecular formula is C31H38N2O3. The van der Waals surface area contributed by atoms with Gasteiger partial charge in [-0.25, -0.2) is 0 Å². The van der Waals surface area contributed by atoms with Gasteiger partial charge >= 0.3 is 0 Å². The standard InChI is InChI=1S/C31H38N2O3/c1-3-4-11-22-32-31(35)29(23-26-14-9-6-10-15-26)33(24-27-16-19-28(36-2)20-17-27)30(34)21-18-25-12-7-5-8-13-25/h5-10,12-17,19-20,29H,3-4,11,18,21-24H2,1-2H3,(H,32,35)/t29-/m1/s1. The van der Waals surface area contributed by atoms with E-state index >= 15 is 0 Å². The largest absolute Gasteiger partial charge is 0.497 e. The molecule has 5 heteroatoms. The number of carbonyl (C=O) groups is 2. The molecule has 0 aliphatic heterocycles. The molecule has 1 N–H and O–H groups in total. The fourth-order valence-corrected chi connectivity index (χ4v) is 4.23. The van der Waals surface area contributed by atoms with Gasteiger partial charge in [-0.2, -0.15) is 0 Å². The maximum Gasteiger partial charge on any atom is 0.243 e. The molecule has 0 aromatic heterocycles. The molecule has 0 aliphatic rings. The summed E-state index contributed by atoms with van der Waals surface area (Å²) in [6.45, 7) is 3.12. The quantitative estimate of drug-likeness (QED) is 0.303. The molecule has 0 saturated carbocycles. The highest BCUT2D eigenvalue weighted by Crippen LogP contribution is 2.19. The predicted molar refractivity (Wildman–Crippen MR) is 145 cm³/mol. The summed E-state index contributed by atoms with van der Waals surface area (Å²) in [5.74, 6) is 0.631. The number of rotatable bonds is 14. The van der Waals surface area contributed by atoms with Gasteiger partial charge in [-0.3, -0.25) is 9.59 Å². The Labute approximate surface area is 215 Å². The first-order valence-corrected chi connectivity index (χ1v) is 12.9. The van der Waals surface area contributed by atoms with Gasteiger partial charge in [0.1, 0.15) is 11.8 Å². The van der Waals surface area contributed by atoms with Gasteiger partial charge in [0.25, 0.3) is 0 Å². The van der Waals surface area contributed by atoms with Gasteiger partial charge in [0.2, 0.25) is 11.8 Å². The number of nitrogens with zero attached hydrogens (tertiary/aromatic N) is 1. The lowest BCUT2D eigenvalue weighted by atomic mass is 10.0. The van der Waals surface area contributed by atoms with Crippen LogP contribution in [0.4, 0.5) is 0 Å². The number of carbonyl (C=O) groups excluding carboxylic acids is 2. The molecule has 190 valence electrons. The zero-order chi connectivity index (χ0) is 25.6. The van der Waals surface area contributed by atoms with Crippen molar-refractivity contribution in [2.45, 2.75) is 58.0 Å². The smallest absolute Gasteiger partial charge is 0.243 e. The van der Waals surface area contributed by atoms with E-state index in [-0.39, 0.29) is 11.8 Å². The van der Waals surface area contributed by atoms with Crippen molar-refractivity contribution in [3.8, 4) is 5.75 Å². The number of hydrogen-bond acceptors (Lipinski definition) is 3. The van der Waals surface area contributed by atoms with Crippen LogP contribution in [0, 0.1) is 0 Å². The second-order valence-corrected chi connectivity index (χ2v) is 9.06. The van der Waals surface area contributed by atoms with E-state index in [0.29, 0.717) is 32.4 Å². The van der Waals surface area contributed by atoms with Crippen LogP contribution in [-0.4, -0.2) is 36.4 Å². The third-order valence-corrected chi connectivity index (χ3v) is 6.33. The van der Waals surface area contributed by atoms with E-state index in [2.05, 4.69) is 12.2 Å². The molecule has 1 atom stereocenters. The lowest BCUT2D eigenvalue weighted by Crippen LogP contribution is -2.50. The molecule has 0 heterocycles. The fourth-order valence-electron chi connectivity index (χ4n) is 4.23. The molecule has 2 amide bonds. The second-order valence-electron chi connectivity index (χ2n) is 9.06. The molecule has 3 aromatic rings. The van der Waals surface area contributed by atoms with Crippen molar-refractivity contribution in [1.29, 1.82) is 0 Å². The van der Waals surface area contributed by atoms with Crippen LogP contribution in [0.2, 0.25) is 0 Å². The van der Waals surface area contributed by atoms with Crippen molar-refractivity contribution in [2.75, 3.05) is 13.7 Å². The van der Waals surface area contributed by atoms with Crippen LogP contribution < -0.4 is 10.1 Å². The SMILES string of the molecule is CCCCCNC(=O)[C@@H](Cc1ccccc1)N(Cc1ccc(OC)cc1)C(=O)CCc1ccccc1. The summed E-state index contributed by atoms with van der Waals surface area (Å²) in [7, 11) is 1.63. The number of benzene rings is 3. The Morgan fingerprint density at radius 1 is 0.833 bits per heavy atom. The van der Waals surface area contributed by atoms with Crippen LogP contribution >= 0.6 is 0 Å². The number of aryl methyl sites for hydroxylation is 1. The van der Waals surface area contributed by atoms with E-state index in [9.17, 15) is 9.59 Å². The van der Waals surface area contributed by atoms with Gasteiger partial charge in [-0.1, -0.05) is 92.6 Å². The summed E-state index contributed by atoms with van der Waals surface area (Å²) < 4.78 is 5.29. The molecule has 36 heavy (non-hydrogen) atoms. The van der Waals surface area contributed by atoms with Crippen molar-refractivity contribution in [3.05, 3.63) is 102 Å². The molecule has 0 saturated heterocycles. The minimum atomic E-state index is -0.598.